The van der Waals surface area contributed by atoms with Crippen LogP contribution in [0.5, 0.6) is 0 Å². The van der Waals surface area contributed by atoms with E-state index < -0.39 is 0 Å². The van der Waals surface area contributed by atoms with E-state index in [9.17, 15) is 4.79 Å². The first-order chi connectivity index (χ1) is 9.13. The predicted octanol–water partition coefficient (Wildman–Crippen LogP) is 2.73. The molecule has 0 N–H and O–H groups in total. The zero-order valence-electron chi connectivity index (χ0n) is 11.0. The second kappa shape index (κ2) is 5.89. The molecule has 0 bridgehead atoms. The Kier molecular flexibility index (Phi) is 4.22. The molecule has 0 spiro atoms. The number of para-hydroxylation sites is 1. The van der Waals surface area contributed by atoms with Crippen LogP contribution >= 0.6 is 11.6 Å². The predicted molar refractivity (Wildman–Crippen MR) is 76.3 cm³/mol. The highest BCUT2D eigenvalue weighted by Gasteiger charge is 2.19. The largest absolute Gasteiger partial charge is 0.291 e. The van der Waals surface area contributed by atoms with Gasteiger partial charge in [0.1, 0.15) is 12.5 Å². The number of hydrogen-bond acceptors (Lipinski definition) is 2. The van der Waals surface area contributed by atoms with Crippen LogP contribution in [0.15, 0.2) is 36.7 Å². The van der Waals surface area contributed by atoms with Crippen molar-refractivity contribution in [3.05, 3.63) is 47.8 Å². The van der Waals surface area contributed by atoms with E-state index in [2.05, 4.69) is 5.10 Å². The first kappa shape index (κ1) is 13.6. The number of alkyl halides is 1. The lowest BCUT2D eigenvalue weighted by molar-refractivity contribution is -0.116. The summed E-state index contributed by atoms with van der Waals surface area (Å²) in [7, 11) is 0. The van der Waals surface area contributed by atoms with E-state index >= 15 is 0 Å². The molecule has 0 saturated heterocycles. The lowest BCUT2D eigenvalue weighted by Crippen LogP contribution is -2.35. The highest BCUT2D eigenvalue weighted by Crippen LogP contribution is 2.25. The number of carbonyl (C=O) groups excluding carboxylic acids is 1. The first-order valence-corrected chi connectivity index (χ1v) is 6.57. The van der Waals surface area contributed by atoms with Gasteiger partial charge < -0.3 is 0 Å². The Morgan fingerprint density at radius 2 is 2.00 bits per heavy atom. The summed E-state index contributed by atoms with van der Waals surface area (Å²) in [6, 6.07) is 7.78. The average molecular weight is 281 g/mol. The molecular formula is C14H16ClN3O. The lowest BCUT2D eigenvalue weighted by Gasteiger charge is -2.25. The molecule has 1 amide bonds. The van der Waals surface area contributed by atoms with Crippen molar-refractivity contribution in [2.75, 3.05) is 10.8 Å². The van der Waals surface area contributed by atoms with Gasteiger partial charge in [-0.1, -0.05) is 18.2 Å². The van der Waals surface area contributed by atoms with E-state index in [-0.39, 0.29) is 11.8 Å². The Labute approximate surface area is 117 Å². The number of nitrogens with zero attached hydrogens (tertiary/aromatic N) is 3. The maximum Gasteiger partial charge on any atom is 0.243 e. The molecule has 5 heteroatoms. The topological polar surface area (TPSA) is 38.1 Å². The molecule has 0 saturated carbocycles. The molecule has 0 aliphatic rings. The zero-order valence-corrected chi connectivity index (χ0v) is 11.8. The van der Waals surface area contributed by atoms with Crippen LogP contribution in [-0.4, -0.2) is 21.6 Å². The monoisotopic (exact) mass is 280 g/mol. The maximum atomic E-state index is 12.1. The normalized spacial score (nSPS) is 10.5. The fourth-order valence-corrected chi connectivity index (χ4v) is 2.25. The smallest absolute Gasteiger partial charge is 0.243 e. The Morgan fingerprint density at radius 1 is 1.32 bits per heavy atom. The van der Waals surface area contributed by atoms with Crippen LogP contribution in [-0.2, 0) is 11.5 Å². The molecule has 0 aliphatic heterocycles. The summed E-state index contributed by atoms with van der Waals surface area (Å²) < 4.78 is 1.70. The third-order valence-electron chi connectivity index (χ3n) is 2.97. The Bertz CT molecular complexity index is 546. The third kappa shape index (κ3) is 2.96. The molecule has 0 fully saturated rings. The molecule has 1 heterocycles. The first-order valence-electron chi connectivity index (χ1n) is 6.03. The SMILES string of the molecule is Cc1cccc(C)c1N([13CH2]n1cccn1)[13C](=O)[13CH2]Cl. The van der Waals surface area contributed by atoms with Gasteiger partial charge in [0.25, 0.3) is 0 Å². The van der Waals surface area contributed by atoms with E-state index in [0.717, 1.165) is 16.8 Å². The van der Waals surface area contributed by atoms with Crippen molar-refractivity contribution in [1.29, 1.82) is 0 Å². The molecule has 1 aromatic heterocycles. The van der Waals surface area contributed by atoms with Crippen molar-refractivity contribution in [3.8, 4) is 0 Å². The minimum absolute atomic E-state index is 0.0466. The van der Waals surface area contributed by atoms with Crippen LogP contribution in [0, 0.1) is 13.8 Å². The standard InChI is InChI=1S/C14H16ClN3O/c1-11-5-3-6-12(2)14(11)18(13(19)9-15)10-17-8-4-7-16-17/h3-8H,9-10H2,1-2H3/i9+1,10+1,13+1. The molecule has 0 atom stereocenters. The third-order valence-corrected chi connectivity index (χ3v) is 3.20. The molecule has 19 heavy (non-hydrogen) atoms. The van der Waals surface area contributed by atoms with Crippen molar-refractivity contribution in [1.82, 2.24) is 9.78 Å². The minimum Gasteiger partial charge on any atom is -0.291 e. The van der Waals surface area contributed by atoms with Crippen molar-refractivity contribution < 1.29 is 4.79 Å². The Hall–Kier alpha value is -1.81. The van der Waals surface area contributed by atoms with Gasteiger partial charge in [-0.25, -0.2) is 0 Å². The van der Waals surface area contributed by atoms with Gasteiger partial charge in [0, 0.05) is 12.4 Å². The van der Waals surface area contributed by atoms with Crippen molar-refractivity contribution >= 4 is 23.2 Å². The van der Waals surface area contributed by atoms with Crippen molar-refractivity contribution in [3.63, 3.8) is 0 Å². The fourth-order valence-electron chi connectivity index (χ4n) is 2.11. The van der Waals surface area contributed by atoms with Crippen LogP contribution in [0.3, 0.4) is 0 Å². The molecule has 0 aliphatic carbocycles. The molecule has 2 rings (SSSR count). The summed E-state index contributed by atoms with van der Waals surface area (Å²) >= 11 is 5.72. The van der Waals surface area contributed by atoms with Gasteiger partial charge >= 0.3 is 0 Å². The van der Waals surface area contributed by atoms with Gasteiger partial charge in [-0.15, -0.1) is 11.6 Å². The van der Waals surface area contributed by atoms with E-state index in [0.29, 0.717) is 6.67 Å². The fraction of sp³-hybridized carbons (Fsp3) is 0.286. The summed E-state index contributed by atoms with van der Waals surface area (Å²) in [5.41, 5.74) is 3.00. The highest BCUT2D eigenvalue weighted by atomic mass is 35.5. The lowest BCUT2D eigenvalue weighted by atomic mass is 10.1. The van der Waals surface area contributed by atoms with E-state index in [4.69, 9.17) is 11.6 Å². The van der Waals surface area contributed by atoms with E-state index in [1.165, 1.54) is 0 Å². The van der Waals surface area contributed by atoms with E-state index in [1.54, 1.807) is 15.8 Å². The quantitative estimate of drug-likeness (QED) is 0.638. The summed E-state index contributed by atoms with van der Waals surface area (Å²) in [6.45, 7) is 4.34. The second-order valence-electron chi connectivity index (χ2n) is 4.38. The van der Waals surface area contributed by atoms with Crippen molar-refractivity contribution in [2.45, 2.75) is 20.5 Å². The van der Waals surface area contributed by atoms with Gasteiger partial charge in [-0.3, -0.25) is 14.4 Å². The number of aromatic nitrogens is 2. The summed E-state index contributed by atoms with van der Waals surface area (Å²) in [6.07, 6.45) is 3.51. The number of hydrogen-bond donors (Lipinski definition) is 0. The van der Waals surface area contributed by atoms with Gasteiger partial charge in [0.15, 0.2) is 0 Å². The summed E-state index contributed by atoms with van der Waals surface area (Å²) in [5, 5.41) is 4.14. The number of halogens is 1. The Balaban J connectivity index is 2.40. The van der Waals surface area contributed by atoms with Gasteiger partial charge in [-0.05, 0) is 31.0 Å². The molecule has 1 aromatic carbocycles. The van der Waals surface area contributed by atoms with E-state index in [1.807, 2.05) is 44.3 Å². The van der Waals surface area contributed by atoms with Crippen LogP contribution < -0.4 is 4.90 Å². The summed E-state index contributed by atoms with van der Waals surface area (Å²) in [5.74, 6) is -0.177. The van der Waals surface area contributed by atoms with Gasteiger partial charge in [0.2, 0.25) is 5.91 Å². The highest BCUT2D eigenvalue weighted by molar-refractivity contribution is 6.29. The number of rotatable bonds is 4. The molecule has 2 aromatic rings. The molecule has 0 radical (unpaired) electrons. The number of amides is 1. The molecule has 4 nitrogen and oxygen atoms in total. The zero-order chi connectivity index (χ0) is 13.8. The summed E-state index contributed by atoms with van der Waals surface area (Å²) in [4.78, 5) is 13.8. The second-order valence-corrected chi connectivity index (χ2v) is 4.65. The van der Waals surface area contributed by atoms with Crippen molar-refractivity contribution in [2.24, 2.45) is 0 Å². The van der Waals surface area contributed by atoms with Crippen LogP contribution in [0.25, 0.3) is 0 Å². The number of benzene rings is 1. The maximum absolute atomic E-state index is 12.1. The minimum atomic E-state index is -0.130. The van der Waals surface area contributed by atoms with Gasteiger partial charge in [-0.2, -0.15) is 5.10 Å². The number of carbonyl (C=O) groups is 1. The molecular weight excluding hydrogens is 265 g/mol. The molecule has 0 unspecified atom stereocenters. The van der Waals surface area contributed by atoms with Crippen LogP contribution in [0.1, 0.15) is 11.1 Å². The molecule has 100 valence electrons. The average Bonchev–Trinajstić information content (AvgIpc) is 2.89. The number of anilines is 1. The van der Waals surface area contributed by atoms with Crippen LogP contribution in [0.4, 0.5) is 5.69 Å². The Morgan fingerprint density at radius 3 is 2.53 bits per heavy atom. The van der Waals surface area contributed by atoms with Crippen LogP contribution in [0.2, 0.25) is 0 Å². The van der Waals surface area contributed by atoms with Gasteiger partial charge in [0.05, 0.1) is 5.69 Å². The number of aryl methyl sites for hydroxylation is 2.